The van der Waals surface area contributed by atoms with Gasteiger partial charge in [-0.25, -0.2) is 0 Å². The first-order chi connectivity index (χ1) is 9.93. The number of nitriles is 1. The minimum atomic E-state index is 0.254. The van der Waals surface area contributed by atoms with Crippen LogP contribution in [-0.2, 0) is 0 Å². The summed E-state index contributed by atoms with van der Waals surface area (Å²) in [5, 5.41) is 17.4. The monoisotopic (exact) mass is 345 g/mol. The molecule has 21 heavy (non-hydrogen) atoms. The lowest BCUT2D eigenvalue weighted by Gasteiger charge is -2.14. The van der Waals surface area contributed by atoms with Crippen LogP contribution in [0.2, 0.25) is 0 Å². The number of nitrogens with zero attached hydrogens (tertiary/aromatic N) is 3. The molecule has 0 fully saturated rings. The normalized spacial score (nSPS) is 10.5. The Morgan fingerprint density at radius 2 is 1.95 bits per heavy atom. The second-order valence-electron chi connectivity index (χ2n) is 5.14. The van der Waals surface area contributed by atoms with E-state index in [9.17, 15) is 5.26 Å². The molecule has 108 valence electrons. The molecule has 0 aliphatic rings. The van der Waals surface area contributed by atoms with Crippen LogP contribution in [0.15, 0.2) is 22.7 Å². The largest absolute Gasteiger partial charge is 0.436 e. The molecule has 1 heterocycles. The van der Waals surface area contributed by atoms with Crippen molar-refractivity contribution >= 4 is 15.9 Å². The van der Waals surface area contributed by atoms with E-state index in [-0.39, 0.29) is 5.88 Å². The van der Waals surface area contributed by atoms with Gasteiger partial charge in [-0.3, -0.25) is 0 Å². The third-order valence-corrected chi connectivity index (χ3v) is 3.83. The second kappa shape index (κ2) is 6.23. The predicted octanol–water partition coefficient (Wildman–Crippen LogP) is 4.64. The Morgan fingerprint density at radius 1 is 1.24 bits per heavy atom. The third kappa shape index (κ3) is 3.22. The van der Waals surface area contributed by atoms with Crippen LogP contribution in [0, 0.1) is 25.2 Å². The molecule has 1 aromatic carbocycles. The second-order valence-corrected chi connectivity index (χ2v) is 6.06. The molecule has 5 heteroatoms. The SMILES string of the molecule is Cc1nnc(Oc2ccc(Br)cc2C(C)C)c(C#N)c1C. The number of aryl methyl sites for hydroxylation is 1. The number of hydrogen-bond acceptors (Lipinski definition) is 4. The van der Waals surface area contributed by atoms with Gasteiger partial charge in [0.15, 0.2) is 0 Å². The van der Waals surface area contributed by atoms with Crippen molar-refractivity contribution in [2.45, 2.75) is 33.6 Å². The van der Waals surface area contributed by atoms with Gasteiger partial charge < -0.3 is 4.74 Å². The van der Waals surface area contributed by atoms with Gasteiger partial charge in [-0.1, -0.05) is 29.8 Å². The Hall–Kier alpha value is -1.93. The predicted molar refractivity (Wildman–Crippen MR) is 84.5 cm³/mol. The van der Waals surface area contributed by atoms with Crippen molar-refractivity contribution in [1.29, 1.82) is 5.26 Å². The van der Waals surface area contributed by atoms with Crippen molar-refractivity contribution in [1.82, 2.24) is 10.2 Å². The summed E-state index contributed by atoms with van der Waals surface area (Å²) >= 11 is 3.46. The lowest BCUT2D eigenvalue weighted by molar-refractivity contribution is 0.444. The molecule has 0 saturated carbocycles. The molecular weight excluding hydrogens is 330 g/mol. The maximum absolute atomic E-state index is 9.32. The highest BCUT2D eigenvalue weighted by atomic mass is 79.9. The van der Waals surface area contributed by atoms with Gasteiger partial charge >= 0.3 is 0 Å². The highest BCUT2D eigenvalue weighted by Crippen LogP contribution is 2.33. The first-order valence-electron chi connectivity index (χ1n) is 6.65. The summed E-state index contributed by atoms with van der Waals surface area (Å²) in [5.41, 5.74) is 3.01. The number of ether oxygens (including phenoxy) is 1. The fraction of sp³-hybridized carbons (Fsp3) is 0.312. The van der Waals surface area contributed by atoms with E-state index in [4.69, 9.17) is 4.74 Å². The summed E-state index contributed by atoms with van der Waals surface area (Å²) in [4.78, 5) is 0. The summed E-state index contributed by atoms with van der Waals surface area (Å²) in [6.07, 6.45) is 0. The van der Waals surface area contributed by atoms with Gasteiger partial charge in [0.25, 0.3) is 5.88 Å². The highest BCUT2D eigenvalue weighted by molar-refractivity contribution is 9.10. The summed E-state index contributed by atoms with van der Waals surface area (Å²) in [7, 11) is 0. The molecule has 0 N–H and O–H groups in total. The minimum absolute atomic E-state index is 0.254. The lowest BCUT2D eigenvalue weighted by atomic mass is 10.0. The van der Waals surface area contributed by atoms with Crippen LogP contribution in [0.1, 0.15) is 42.1 Å². The lowest BCUT2D eigenvalue weighted by Crippen LogP contribution is -2.02. The average molecular weight is 346 g/mol. The molecule has 0 aliphatic carbocycles. The molecule has 0 radical (unpaired) electrons. The zero-order valence-corrected chi connectivity index (χ0v) is 14.0. The number of benzene rings is 1. The topological polar surface area (TPSA) is 58.8 Å². The van der Waals surface area contributed by atoms with Crippen LogP contribution in [0.5, 0.6) is 11.6 Å². The van der Waals surface area contributed by atoms with Crippen molar-refractivity contribution in [2.75, 3.05) is 0 Å². The number of rotatable bonds is 3. The van der Waals surface area contributed by atoms with Gasteiger partial charge in [-0.2, -0.15) is 10.4 Å². The molecular formula is C16H16BrN3O. The number of halogens is 1. The molecule has 0 bridgehead atoms. The quantitative estimate of drug-likeness (QED) is 0.812. The van der Waals surface area contributed by atoms with Crippen LogP contribution >= 0.6 is 15.9 Å². The van der Waals surface area contributed by atoms with Gasteiger partial charge in [-0.05, 0) is 49.1 Å². The summed E-state index contributed by atoms with van der Waals surface area (Å²) in [5.74, 6) is 1.25. The van der Waals surface area contributed by atoms with Gasteiger partial charge in [-0.15, -0.1) is 5.10 Å². The van der Waals surface area contributed by atoms with E-state index < -0.39 is 0 Å². The zero-order valence-electron chi connectivity index (χ0n) is 12.4. The first kappa shape index (κ1) is 15.5. The van der Waals surface area contributed by atoms with E-state index in [1.165, 1.54) is 0 Å². The van der Waals surface area contributed by atoms with Crippen LogP contribution in [0.3, 0.4) is 0 Å². The highest BCUT2D eigenvalue weighted by Gasteiger charge is 2.16. The van der Waals surface area contributed by atoms with E-state index in [2.05, 4.69) is 46.0 Å². The third-order valence-electron chi connectivity index (χ3n) is 3.33. The Bertz CT molecular complexity index is 720. The Balaban J connectivity index is 2.49. The van der Waals surface area contributed by atoms with Gasteiger partial charge in [0.1, 0.15) is 17.4 Å². The van der Waals surface area contributed by atoms with E-state index >= 15 is 0 Å². The summed E-state index contributed by atoms with van der Waals surface area (Å²) in [6, 6.07) is 7.94. The van der Waals surface area contributed by atoms with Crippen molar-refractivity contribution in [3.63, 3.8) is 0 Å². The molecule has 1 aromatic heterocycles. The van der Waals surface area contributed by atoms with Gasteiger partial charge in [0.05, 0.1) is 5.69 Å². The molecule has 4 nitrogen and oxygen atoms in total. The number of hydrogen-bond donors (Lipinski definition) is 0. The van der Waals surface area contributed by atoms with Gasteiger partial charge in [0, 0.05) is 4.47 Å². The van der Waals surface area contributed by atoms with Crippen molar-refractivity contribution in [3.05, 3.63) is 45.1 Å². The molecule has 2 rings (SSSR count). The Kier molecular flexibility index (Phi) is 4.59. The fourth-order valence-electron chi connectivity index (χ4n) is 1.96. The first-order valence-corrected chi connectivity index (χ1v) is 7.44. The summed E-state index contributed by atoms with van der Waals surface area (Å²) < 4.78 is 6.86. The maximum atomic E-state index is 9.32. The average Bonchev–Trinajstić information content (AvgIpc) is 2.45. The minimum Gasteiger partial charge on any atom is -0.436 e. The fourth-order valence-corrected chi connectivity index (χ4v) is 2.34. The van der Waals surface area contributed by atoms with Crippen molar-refractivity contribution < 1.29 is 4.74 Å². The smallest absolute Gasteiger partial charge is 0.257 e. The molecule has 0 unspecified atom stereocenters. The van der Waals surface area contributed by atoms with Crippen LogP contribution in [-0.4, -0.2) is 10.2 Å². The van der Waals surface area contributed by atoms with Crippen LogP contribution < -0.4 is 4.74 Å². The van der Waals surface area contributed by atoms with Gasteiger partial charge in [0.2, 0.25) is 0 Å². The van der Waals surface area contributed by atoms with Crippen molar-refractivity contribution in [3.8, 4) is 17.7 Å². The molecule has 0 spiro atoms. The standard InChI is InChI=1S/C16H16BrN3O/c1-9(2)13-7-12(17)5-6-15(13)21-16-14(8-18)10(3)11(4)19-20-16/h5-7,9H,1-4H3. The van der Waals surface area contributed by atoms with E-state index in [0.29, 0.717) is 17.2 Å². The molecule has 0 saturated heterocycles. The van der Waals surface area contributed by atoms with Crippen LogP contribution in [0.25, 0.3) is 0 Å². The Labute approximate surface area is 132 Å². The Morgan fingerprint density at radius 3 is 2.57 bits per heavy atom. The van der Waals surface area contributed by atoms with Crippen molar-refractivity contribution in [2.24, 2.45) is 0 Å². The van der Waals surface area contributed by atoms with E-state index in [0.717, 1.165) is 21.3 Å². The molecule has 0 atom stereocenters. The molecule has 0 amide bonds. The van der Waals surface area contributed by atoms with Crippen LogP contribution in [0.4, 0.5) is 0 Å². The molecule has 0 aliphatic heterocycles. The zero-order chi connectivity index (χ0) is 15.6. The summed E-state index contributed by atoms with van der Waals surface area (Å²) in [6.45, 7) is 7.85. The number of aromatic nitrogens is 2. The van der Waals surface area contributed by atoms with E-state index in [1.54, 1.807) is 0 Å². The maximum Gasteiger partial charge on any atom is 0.257 e. The van der Waals surface area contributed by atoms with E-state index in [1.807, 2.05) is 32.0 Å². The molecule has 2 aromatic rings.